The Hall–Kier alpha value is -2.95. The number of benzene rings is 2. The smallest absolute Gasteiger partial charge is 0.335 e. The highest BCUT2D eigenvalue weighted by molar-refractivity contribution is 5.88. The molecule has 1 N–H and O–H groups in total. The second-order valence-corrected chi connectivity index (χ2v) is 4.63. The monoisotopic (exact) mass is 279 g/mol. The highest BCUT2D eigenvalue weighted by Gasteiger charge is 2.08. The van der Waals surface area contributed by atoms with E-state index in [2.05, 4.69) is 9.97 Å². The van der Waals surface area contributed by atoms with Crippen LogP contribution in [0.1, 0.15) is 10.4 Å². The van der Waals surface area contributed by atoms with Crippen molar-refractivity contribution in [3.05, 3.63) is 60.3 Å². The summed E-state index contributed by atoms with van der Waals surface area (Å²) in [6, 6.07) is 14.3. The minimum absolute atomic E-state index is 0.261. The molecule has 21 heavy (non-hydrogen) atoms. The van der Waals surface area contributed by atoms with Crippen LogP contribution in [0.5, 0.6) is 0 Å². The average Bonchev–Trinajstić information content (AvgIpc) is 2.54. The molecule has 5 nitrogen and oxygen atoms in total. The van der Waals surface area contributed by atoms with Gasteiger partial charge >= 0.3 is 5.97 Å². The van der Waals surface area contributed by atoms with Gasteiger partial charge in [-0.05, 0) is 36.4 Å². The van der Waals surface area contributed by atoms with Gasteiger partial charge in [-0.1, -0.05) is 12.1 Å². The minimum Gasteiger partial charge on any atom is -0.478 e. The van der Waals surface area contributed by atoms with Crippen molar-refractivity contribution in [3.8, 4) is 0 Å². The van der Waals surface area contributed by atoms with Crippen molar-refractivity contribution in [2.45, 2.75) is 0 Å². The van der Waals surface area contributed by atoms with Crippen LogP contribution in [0.15, 0.2) is 54.7 Å². The van der Waals surface area contributed by atoms with Crippen LogP contribution >= 0.6 is 0 Å². The second kappa shape index (κ2) is 5.20. The Morgan fingerprint density at radius 3 is 2.38 bits per heavy atom. The maximum Gasteiger partial charge on any atom is 0.335 e. The number of carboxylic acids is 1. The zero-order valence-corrected chi connectivity index (χ0v) is 11.4. The van der Waals surface area contributed by atoms with Crippen LogP contribution in [0.2, 0.25) is 0 Å². The predicted molar refractivity (Wildman–Crippen MR) is 81.0 cm³/mol. The van der Waals surface area contributed by atoms with E-state index in [4.69, 9.17) is 5.11 Å². The number of para-hydroxylation sites is 2. The van der Waals surface area contributed by atoms with Gasteiger partial charge in [0.1, 0.15) is 0 Å². The molecule has 0 amide bonds. The zero-order valence-electron chi connectivity index (χ0n) is 11.4. The zero-order chi connectivity index (χ0) is 14.8. The van der Waals surface area contributed by atoms with E-state index in [0.717, 1.165) is 16.7 Å². The van der Waals surface area contributed by atoms with Crippen molar-refractivity contribution >= 4 is 28.5 Å². The molecule has 1 aromatic heterocycles. The minimum atomic E-state index is -0.935. The summed E-state index contributed by atoms with van der Waals surface area (Å²) in [7, 11) is 1.87. The van der Waals surface area contributed by atoms with Gasteiger partial charge in [0, 0.05) is 12.7 Å². The van der Waals surface area contributed by atoms with E-state index in [1.165, 1.54) is 0 Å². The molecule has 0 aliphatic carbocycles. The lowest BCUT2D eigenvalue weighted by Crippen LogP contribution is -2.12. The van der Waals surface area contributed by atoms with Gasteiger partial charge in [-0.2, -0.15) is 0 Å². The lowest BCUT2D eigenvalue weighted by molar-refractivity contribution is 0.0697. The molecule has 0 unspecified atom stereocenters. The highest BCUT2D eigenvalue weighted by Crippen LogP contribution is 2.23. The van der Waals surface area contributed by atoms with E-state index in [0.29, 0.717) is 5.82 Å². The molecule has 3 aromatic rings. The molecule has 0 aliphatic rings. The molecule has 0 fully saturated rings. The van der Waals surface area contributed by atoms with Crippen LogP contribution < -0.4 is 4.90 Å². The standard InChI is InChI=1S/C16H13N3O2/c1-19(12-8-6-11(7-9-12)16(20)21)15-10-17-13-4-2-3-5-14(13)18-15/h2-10H,1H3,(H,20,21). The molecular formula is C16H13N3O2. The Kier molecular flexibility index (Phi) is 3.23. The molecule has 1 heterocycles. The first-order chi connectivity index (χ1) is 10.1. The van der Waals surface area contributed by atoms with Gasteiger partial charge in [-0.15, -0.1) is 0 Å². The Morgan fingerprint density at radius 1 is 1.05 bits per heavy atom. The molecule has 0 aliphatic heterocycles. The third kappa shape index (κ3) is 2.53. The van der Waals surface area contributed by atoms with Gasteiger partial charge in [0.05, 0.1) is 22.8 Å². The van der Waals surface area contributed by atoms with E-state index in [1.807, 2.05) is 36.2 Å². The lowest BCUT2D eigenvalue weighted by Gasteiger charge is -2.18. The average molecular weight is 279 g/mol. The van der Waals surface area contributed by atoms with E-state index in [-0.39, 0.29) is 5.56 Å². The first-order valence-corrected chi connectivity index (χ1v) is 6.44. The molecule has 5 heteroatoms. The van der Waals surface area contributed by atoms with Crippen LogP contribution in [0.3, 0.4) is 0 Å². The largest absolute Gasteiger partial charge is 0.478 e. The van der Waals surface area contributed by atoms with Crippen molar-refractivity contribution in [1.82, 2.24) is 9.97 Å². The second-order valence-electron chi connectivity index (χ2n) is 4.63. The Balaban J connectivity index is 1.95. The number of carboxylic acid groups (broad SMARTS) is 1. The van der Waals surface area contributed by atoms with Crippen LogP contribution in [-0.2, 0) is 0 Å². The summed E-state index contributed by atoms with van der Waals surface area (Å²) in [4.78, 5) is 21.7. The number of hydrogen-bond acceptors (Lipinski definition) is 4. The Morgan fingerprint density at radius 2 is 1.71 bits per heavy atom. The van der Waals surface area contributed by atoms with E-state index in [1.54, 1.807) is 30.5 Å². The van der Waals surface area contributed by atoms with Crippen molar-refractivity contribution in [3.63, 3.8) is 0 Å². The predicted octanol–water partition coefficient (Wildman–Crippen LogP) is 3.10. The Bertz CT molecular complexity index is 800. The summed E-state index contributed by atoms with van der Waals surface area (Å²) in [5, 5.41) is 8.91. The van der Waals surface area contributed by atoms with Crippen molar-refractivity contribution in [2.24, 2.45) is 0 Å². The number of aromatic carboxylic acids is 1. The molecule has 0 atom stereocenters. The number of aromatic nitrogens is 2. The fraction of sp³-hybridized carbons (Fsp3) is 0.0625. The topological polar surface area (TPSA) is 66.3 Å². The van der Waals surface area contributed by atoms with Crippen LogP contribution in [0.25, 0.3) is 11.0 Å². The van der Waals surface area contributed by atoms with E-state index in [9.17, 15) is 4.79 Å². The van der Waals surface area contributed by atoms with E-state index < -0.39 is 5.97 Å². The van der Waals surface area contributed by atoms with Crippen LogP contribution in [-0.4, -0.2) is 28.1 Å². The molecule has 0 bridgehead atoms. The lowest BCUT2D eigenvalue weighted by atomic mass is 10.2. The molecule has 104 valence electrons. The first-order valence-electron chi connectivity index (χ1n) is 6.44. The van der Waals surface area contributed by atoms with Crippen molar-refractivity contribution in [1.29, 1.82) is 0 Å². The number of nitrogens with zero attached hydrogens (tertiary/aromatic N) is 3. The summed E-state index contributed by atoms with van der Waals surface area (Å²) in [6.45, 7) is 0. The van der Waals surface area contributed by atoms with Gasteiger partial charge < -0.3 is 10.0 Å². The van der Waals surface area contributed by atoms with E-state index >= 15 is 0 Å². The number of rotatable bonds is 3. The first kappa shape index (κ1) is 13.1. The Labute approximate surface area is 121 Å². The number of anilines is 2. The molecule has 0 saturated heterocycles. The SMILES string of the molecule is CN(c1ccc(C(=O)O)cc1)c1cnc2ccccc2n1. The molecular weight excluding hydrogens is 266 g/mol. The molecule has 0 spiro atoms. The van der Waals surface area contributed by atoms with Gasteiger partial charge in [-0.3, -0.25) is 4.98 Å². The van der Waals surface area contributed by atoms with Gasteiger partial charge in [-0.25, -0.2) is 9.78 Å². The quantitative estimate of drug-likeness (QED) is 0.798. The fourth-order valence-corrected chi connectivity index (χ4v) is 2.07. The van der Waals surface area contributed by atoms with Gasteiger partial charge in [0.2, 0.25) is 0 Å². The summed E-state index contributed by atoms with van der Waals surface area (Å²) in [6.07, 6.45) is 1.70. The third-order valence-electron chi connectivity index (χ3n) is 3.28. The fourth-order valence-electron chi connectivity index (χ4n) is 2.07. The molecule has 2 aromatic carbocycles. The number of fused-ring (bicyclic) bond motifs is 1. The summed E-state index contributed by atoms with van der Waals surface area (Å²) in [5.74, 6) is -0.230. The normalized spacial score (nSPS) is 10.5. The summed E-state index contributed by atoms with van der Waals surface area (Å²) in [5.41, 5.74) is 2.78. The number of hydrogen-bond donors (Lipinski definition) is 1. The summed E-state index contributed by atoms with van der Waals surface area (Å²) >= 11 is 0. The third-order valence-corrected chi connectivity index (χ3v) is 3.28. The molecule has 3 rings (SSSR count). The van der Waals surface area contributed by atoms with Crippen LogP contribution in [0.4, 0.5) is 11.5 Å². The van der Waals surface area contributed by atoms with Gasteiger partial charge in [0.15, 0.2) is 5.82 Å². The van der Waals surface area contributed by atoms with Gasteiger partial charge in [0.25, 0.3) is 0 Å². The summed E-state index contributed by atoms with van der Waals surface area (Å²) < 4.78 is 0. The molecule has 0 saturated carbocycles. The highest BCUT2D eigenvalue weighted by atomic mass is 16.4. The maximum atomic E-state index is 10.9. The maximum absolute atomic E-state index is 10.9. The van der Waals surface area contributed by atoms with Crippen molar-refractivity contribution in [2.75, 3.05) is 11.9 Å². The number of carbonyl (C=O) groups is 1. The van der Waals surface area contributed by atoms with Crippen LogP contribution in [0, 0.1) is 0 Å². The molecule has 0 radical (unpaired) electrons. The van der Waals surface area contributed by atoms with Crippen molar-refractivity contribution < 1.29 is 9.90 Å².